The van der Waals surface area contributed by atoms with Crippen molar-refractivity contribution >= 4 is 38.6 Å². The van der Waals surface area contributed by atoms with Crippen molar-refractivity contribution in [3.05, 3.63) is 90.5 Å². The van der Waals surface area contributed by atoms with Crippen LogP contribution in [0.3, 0.4) is 0 Å². The zero-order chi connectivity index (χ0) is 27.0. The largest absolute Gasteiger partial charge is 0.459 e. The van der Waals surface area contributed by atoms with E-state index in [1.54, 1.807) is 57.1 Å². The summed E-state index contributed by atoms with van der Waals surface area (Å²) in [6.45, 7) is 1.82. The van der Waals surface area contributed by atoms with E-state index in [0.29, 0.717) is 43.5 Å². The van der Waals surface area contributed by atoms with Crippen LogP contribution in [0.4, 0.5) is 11.6 Å². The second-order valence-corrected chi connectivity index (χ2v) is 11.7. The van der Waals surface area contributed by atoms with Crippen LogP contribution in [-0.4, -0.2) is 78.8 Å². The minimum atomic E-state index is -2.14. The molecule has 0 aliphatic carbocycles. The molecule has 2 unspecified atom stereocenters. The first kappa shape index (κ1) is 24.8. The van der Waals surface area contributed by atoms with Crippen LogP contribution >= 0.6 is 0 Å². The van der Waals surface area contributed by atoms with Crippen LogP contribution in [0.25, 0.3) is 11.3 Å². The van der Waals surface area contributed by atoms with Gasteiger partial charge in [0.25, 0.3) is 11.8 Å². The molecule has 2 amide bonds. The standard InChI is InChI=1S/C28H26N6O4S/c1-32-19-39(32,37)23-10-6-20(7-11-23)24-12-13-29-28(31-24)30-22-8-4-21(5-9-22)26(35)33-14-16-34(17-15-33)27(36)25-3-2-18-38-25/h2-13,18-19H,14-17H2,1H3,(H,29,30,31). The number of aromatic nitrogens is 2. The van der Waals surface area contributed by atoms with E-state index in [9.17, 15) is 13.8 Å². The van der Waals surface area contributed by atoms with Crippen LogP contribution in [-0.2, 0) is 9.71 Å². The molecule has 1 fully saturated rings. The van der Waals surface area contributed by atoms with Gasteiger partial charge >= 0.3 is 0 Å². The molecule has 2 atom stereocenters. The van der Waals surface area contributed by atoms with Crippen LogP contribution in [0.2, 0.25) is 0 Å². The Morgan fingerprint density at radius 3 is 2.18 bits per heavy atom. The maximum absolute atomic E-state index is 13.0. The quantitative estimate of drug-likeness (QED) is 0.372. The number of nitrogens with one attached hydrogen (secondary N) is 1. The molecule has 1 saturated heterocycles. The van der Waals surface area contributed by atoms with Crippen LogP contribution < -0.4 is 5.32 Å². The fraction of sp³-hybridized carbons (Fsp3) is 0.179. The van der Waals surface area contributed by atoms with Crippen molar-refractivity contribution in [2.45, 2.75) is 4.90 Å². The van der Waals surface area contributed by atoms with Crippen molar-refractivity contribution in [2.75, 3.05) is 38.5 Å². The molecule has 6 rings (SSSR count). The Bertz CT molecular complexity index is 1640. The van der Waals surface area contributed by atoms with Gasteiger partial charge in [-0.25, -0.2) is 14.2 Å². The average Bonchev–Trinajstić information content (AvgIpc) is 3.33. The average molecular weight is 543 g/mol. The van der Waals surface area contributed by atoms with E-state index < -0.39 is 9.71 Å². The van der Waals surface area contributed by atoms with Crippen LogP contribution in [0.5, 0.6) is 0 Å². The summed E-state index contributed by atoms with van der Waals surface area (Å²) in [5, 5.41) is 3.19. The smallest absolute Gasteiger partial charge is 0.289 e. The van der Waals surface area contributed by atoms with Gasteiger partial charge < -0.3 is 19.5 Å². The number of benzene rings is 2. The van der Waals surface area contributed by atoms with Crippen LogP contribution in [0, 0.1) is 0 Å². The lowest BCUT2D eigenvalue weighted by Crippen LogP contribution is -2.50. The number of carbonyl (C=O) groups is 2. The summed E-state index contributed by atoms with van der Waals surface area (Å²) >= 11 is 0. The highest BCUT2D eigenvalue weighted by atomic mass is 32.2. The maximum Gasteiger partial charge on any atom is 0.289 e. The third kappa shape index (κ3) is 5.01. The van der Waals surface area contributed by atoms with E-state index in [1.165, 1.54) is 6.26 Å². The molecular formula is C28H26N6O4S. The summed E-state index contributed by atoms with van der Waals surface area (Å²) in [5.41, 5.74) is 4.66. The summed E-state index contributed by atoms with van der Waals surface area (Å²) in [7, 11) is -0.342. The number of carbonyl (C=O) groups excluding carboxylic acids is 2. The minimum Gasteiger partial charge on any atom is -0.459 e. The van der Waals surface area contributed by atoms with Gasteiger partial charge in [-0.1, -0.05) is 12.1 Å². The van der Waals surface area contributed by atoms with Crippen molar-refractivity contribution in [1.82, 2.24) is 24.1 Å². The van der Waals surface area contributed by atoms with Gasteiger partial charge in [-0.2, -0.15) is 4.31 Å². The van der Waals surface area contributed by atoms with Crippen molar-refractivity contribution < 1.29 is 18.2 Å². The minimum absolute atomic E-state index is 0.0787. The zero-order valence-corrected chi connectivity index (χ0v) is 22.0. The molecule has 4 heterocycles. The molecule has 10 nitrogen and oxygen atoms in total. The number of piperazine rings is 1. The predicted molar refractivity (Wildman–Crippen MR) is 148 cm³/mol. The van der Waals surface area contributed by atoms with Crippen molar-refractivity contribution in [3.63, 3.8) is 0 Å². The van der Waals surface area contributed by atoms with Gasteiger partial charge in [-0.15, -0.1) is 0 Å². The Morgan fingerprint density at radius 2 is 1.56 bits per heavy atom. The van der Waals surface area contributed by atoms with E-state index in [1.807, 2.05) is 42.5 Å². The molecule has 198 valence electrons. The molecule has 2 aromatic carbocycles. The van der Waals surface area contributed by atoms with Crippen LogP contribution in [0.15, 0.2) is 88.5 Å². The topological polar surface area (TPSA) is 112 Å². The van der Waals surface area contributed by atoms with Gasteiger partial charge in [0, 0.05) is 61.1 Å². The number of hydrogen-bond donors (Lipinski definition) is 1. The van der Waals surface area contributed by atoms with Gasteiger partial charge in [-0.05, 0) is 54.6 Å². The molecule has 39 heavy (non-hydrogen) atoms. The number of nitrogens with zero attached hydrogens (tertiary/aromatic N) is 5. The molecule has 0 bridgehead atoms. The third-order valence-electron chi connectivity index (χ3n) is 6.79. The zero-order valence-electron chi connectivity index (χ0n) is 21.2. The summed E-state index contributed by atoms with van der Waals surface area (Å²) in [5.74, 6) is 0.496. The predicted octanol–water partition coefficient (Wildman–Crippen LogP) is 3.34. The van der Waals surface area contributed by atoms with E-state index in [0.717, 1.165) is 21.8 Å². The second kappa shape index (κ2) is 10.0. The Kier molecular flexibility index (Phi) is 6.37. The number of hydrogen-bond acceptors (Lipinski definition) is 7. The molecule has 4 aromatic rings. The SMILES string of the molecule is CN1C=S1(=O)c1ccc(-c2ccnc(Nc3ccc(C(=O)N4CCN(C(=O)c5ccco5)CC4)cc3)n2)cc1. The molecule has 1 N–H and O–H groups in total. The number of anilines is 2. The van der Waals surface area contributed by atoms with Crippen molar-refractivity contribution in [1.29, 1.82) is 0 Å². The van der Waals surface area contributed by atoms with E-state index in [2.05, 4.69) is 15.3 Å². The van der Waals surface area contributed by atoms with Crippen molar-refractivity contribution in [3.8, 4) is 11.3 Å². The van der Waals surface area contributed by atoms with E-state index in [4.69, 9.17) is 4.42 Å². The summed E-state index contributed by atoms with van der Waals surface area (Å²) in [6.07, 6.45) is 3.15. The van der Waals surface area contributed by atoms with Crippen LogP contribution in [0.1, 0.15) is 20.9 Å². The molecule has 11 heteroatoms. The maximum atomic E-state index is 13.0. The molecule has 0 saturated carbocycles. The normalized spacial score (nSPS) is 20.3. The van der Waals surface area contributed by atoms with Gasteiger partial charge in [0.05, 0.1) is 27.2 Å². The molecule has 2 aliphatic heterocycles. The van der Waals surface area contributed by atoms with Gasteiger partial charge in [-0.3, -0.25) is 9.59 Å². The number of furan rings is 1. The molecule has 0 spiro atoms. The monoisotopic (exact) mass is 542 g/mol. The first-order valence-corrected chi connectivity index (χ1v) is 14.0. The van der Waals surface area contributed by atoms with E-state index in [-0.39, 0.29) is 11.8 Å². The summed E-state index contributed by atoms with van der Waals surface area (Å²) in [6, 6.07) is 19.8. The first-order valence-electron chi connectivity index (χ1n) is 12.5. The highest BCUT2D eigenvalue weighted by Gasteiger charge is 2.28. The molecular weight excluding hydrogens is 516 g/mol. The molecule has 2 aromatic heterocycles. The number of rotatable bonds is 6. The third-order valence-corrected chi connectivity index (χ3v) is 9.09. The number of amides is 2. The first-order chi connectivity index (χ1) is 18.9. The van der Waals surface area contributed by atoms with Gasteiger partial charge in [0.2, 0.25) is 5.95 Å². The van der Waals surface area contributed by atoms with Gasteiger partial charge in [0.1, 0.15) is 0 Å². The highest BCUT2D eigenvalue weighted by molar-refractivity contribution is 8.06. The Hall–Kier alpha value is -4.48. The Balaban J connectivity index is 1.07. The molecule has 2 aliphatic rings. The van der Waals surface area contributed by atoms with Gasteiger partial charge in [0.15, 0.2) is 5.76 Å². The lowest BCUT2D eigenvalue weighted by atomic mass is 10.1. The molecule has 0 radical (unpaired) electrons. The lowest BCUT2D eigenvalue weighted by molar-refractivity contribution is 0.0518. The second-order valence-electron chi connectivity index (χ2n) is 9.27. The van der Waals surface area contributed by atoms with E-state index >= 15 is 0 Å². The summed E-state index contributed by atoms with van der Waals surface area (Å²) in [4.78, 5) is 38.6. The fourth-order valence-corrected chi connectivity index (χ4v) is 6.06. The fourth-order valence-electron chi connectivity index (χ4n) is 4.49. The summed E-state index contributed by atoms with van der Waals surface area (Å²) < 4.78 is 19.5. The van der Waals surface area contributed by atoms with Crippen molar-refractivity contribution in [2.24, 2.45) is 0 Å². The Labute approximate surface area is 226 Å². The highest BCUT2D eigenvalue weighted by Crippen LogP contribution is 2.26. The lowest BCUT2D eigenvalue weighted by Gasteiger charge is -2.34. The Morgan fingerprint density at radius 1 is 0.897 bits per heavy atom.